The van der Waals surface area contributed by atoms with E-state index in [9.17, 15) is 13.6 Å². The third kappa shape index (κ3) is 2.99. The molecule has 1 heterocycles. The molecule has 1 amide bonds. The van der Waals surface area contributed by atoms with Gasteiger partial charge in [0.25, 0.3) is 12.3 Å². The van der Waals surface area contributed by atoms with Gasteiger partial charge in [-0.05, 0) is 0 Å². The third-order valence-corrected chi connectivity index (χ3v) is 2.05. The van der Waals surface area contributed by atoms with Crippen molar-refractivity contribution >= 4 is 5.91 Å². The summed E-state index contributed by atoms with van der Waals surface area (Å²) in [6, 6.07) is 0. The Morgan fingerprint density at radius 1 is 1.69 bits per heavy atom. The summed E-state index contributed by atoms with van der Waals surface area (Å²) in [5.41, 5.74) is 0.217. The third-order valence-electron chi connectivity index (χ3n) is 2.05. The number of aryl methyl sites for hydroxylation is 1. The van der Waals surface area contributed by atoms with Gasteiger partial charge in [-0.3, -0.25) is 4.79 Å². The Labute approximate surface area is 91.3 Å². The fourth-order valence-corrected chi connectivity index (χ4v) is 1.29. The van der Waals surface area contributed by atoms with Crippen LogP contribution < -0.4 is 0 Å². The van der Waals surface area contributed by atoms with Crippen LogP contribution in [0.15, 0.2) is 12.5 Å². The average molecular weight is 233 g/mol. The summed E-state index contributed by atoms with van der Waals surface area (Å²) in [7, 11) is 1.60. The summed E-state index contributed by atoms with van der Waals surface area (Å²) in [6.45, 7) is -1.16. The summed E-state index contributed by atoms with van der Waals surface area (Å²) in [6.07, 6.45) is 0.0917. The highest BCUT2D eigenvalue weighted by molar-refractivity contribution is 5.92. The molecule has 5 nitrogen and oxygen atoms in total. The van der Waals surface area contributed by atoms with E-state index in [1.54, 1.807) is 7.05 Å². The topological polar surface area (TPSA) is 58.4 Å². The van der Waals surface area contributed by atoms with Crippen LogP contribution in [0.1, 0.15) is 10.5 Å². The van der Waals surface area contributed by atoms with Crippen molar-refractivity contribution in [3.05, 3.63) is 18.2 Å². The van der Waals surface area contributed by atoms with Gasteiger partial charge in [-0.25, -0.2) is 13.8 Å². The van der Waals surface area contributed by atoms with Crippen molar-refractivity contribution in [2.45, 2.75) is 6.43 Å². The van der Waals surface area contributed by atoms with Gasteiger partial charge in [-0.2, -0.15) is 0 Å². The zero-order valence-corrected chi connectivity index (χ0v) is 8.81. The molecule has 0 spiro atoms. The molecule has 0 aromatic carbocycles. The SMILES string of the molecule is Cn1cncc1C(=O)N(CCO)CC(F)F. The lowest BCUT2D eigenvalue weighted by Crippen LogP contribution is -2.38. The van der Waals surface area contributed by atoms with E-state index in [0.717, 1.165) is 4.90 Å². The van der Waals surface area contributed by atoms with Gasteiger partial charge in [-0.15, -0.1) is 0 Å². The molecule has 0 fully saturated rings. The zero-order valence-electron chi connectivity index (χ0n) is 8.81. The number of halogens is 2. The van der Waals surface area contributed by atoms with E-state index >= 15 is 0 Å². The van der Waals surface area contributed by atoms with E-state index in [0.29, 0.717) is 0 Å². The number of carbonyl (C=O) groups is 1. The lowest BCUT2D eigenvalue weighted by molar-refractivity contribution is 0.0501. The molecule has 0 bridgehead atoms. The highest BCUT2D eigenvalue weighted by atomic mass is 19.3. The monoisotopic (exact) mass is 233 g/mol. The molecule has 0 aliphatic heterocycles. The van der Waals surface area contributed by atoms with E-state index in [1.807, 2.05) is 0 Å². The molecule has 1 rings (SSSR count). The Morgan fingerprint density at radius 3 is 2.81 bits per heavy atom. The van der Waals surface area contributed by atoms with Crippen LogP contribution in [0.2, 0.25) is 0 Å². The van der Waals surface area contributed by atoms with Crippen molar-refractivity contribution in [3.63, 3.8) is 0 Å². The summed E-state index contributed by atoms with van der Waals surface area (Å²) < 4.78 is 25.9. The Hall–Kier alpha value is -1.50. The first kappa shape index (κ1) is 12.6. The van der Waals surface area contributed by atoms with Gasteiger partial charge in [0.15, 0.2) is 0 Å². The first-order valence-electron chi connectivity index (χ1n) is 4.71. The minimum atomic E-state index is -2.62. The molecular weight excluding hydrogens is 220 g/mol. The number of hydrogen-bond donors (Lipinski definition) is 1. The van der Waals surface area contributed by atoms with Gasteiger partial charge in [0.1, 0.15) is 5.69 Å². The van der Waals surface area contributed by atoms with Gasteiger partial charge in [0.2, 0.25) is 0 Å². The molecule has 7 heteroatoms. The molecule has 0 atom stereocenters. The summed E-state index contributed by atoms with van der Waals surface area (Å²) in [5.74, 6) is -0.561. The van der Waals surface area contributed by atoms with E-state index in [1.165, 1.54) is 17.1 Å². The number of hydrogen-bond acceptors (Lipinski definition) is 3. The predicted molar refractivity (Wildman–Crippen MR) is 52.2 cm³/mol. The number of rotatable bonds is 5. The lowest BCUT2D eigenvalue weighted by Gasteiger charge is -2.21. The second-order valence-corrected chi connectivity index (χ2v) is 3.26. The average Bonchev–Trinajstić information content (AvgIpc) is 2.62. The summed E-state index contributed by atoms with van der Waals surface area (Å²) >= 11 is 0. The Balaban J connectivity index is 2.78. The molecule has 0 saturated heterocycles. The lowest BCUT2D eigenvalue weighted by atomic mass is 10.3. The first-order valence-corrected chi connectivity index (χ1v) is 4.71. The summed E-state index contributed by atoms with van der Waals surface area (Å²) in [4.78, 5) is 16.4. The number of aliphatic hydroxyl groups excluding tert-OH is 1. The maximum absolute atomic E-state index is 12.2. The number of amides is 1. The molecule has 0 aliphatic rings. The second kappa shape index (κ2) is 5.55. The quantitative estimate of drug-likeness (QED) is 0.785. The minimum Gasteiger partial charge on any atom is -0.395 e. The summed E-state index contributed by atoms with van der Waals surface area (Å²) in [5, 5.41) is 8.70. The van der Waals surface area contributed by atoms with Crippen molar-refractivity contribution in [3.8, 4) is 0 Å². The Morgan fingerprint density at radius 2 is 2.38 bits per heavy atom. The van der Waals surface area contributed by atoms with Crippen LogP contribution in [0.3, 0.4) is 0 Å². The zero-order chi connectivity index (χ0) is 12.1. The van der Waals surface area contributed by atoms with Gasteiger partial charge < -0.3 is 14.6 Å². The number of alkyl halides is 2. The molecule has 0 radical (unpaired) electrons. The molecule has 16 heavy (non-hydrogen) atoms. The van der Waals surface area contributed by atoms with Crippen molar-refractivity contribution in [1.29, 1.82) is 0 Å². The van der Waals surface area contributed by atoms with Gasteiger partial charge in [0, 0.05) is 13.6 Å². The standard InChI is InChI=1S/C9H13F2N3O2/c1-13-6-12-4-7(13)9(16)14(2-3-15)5-8(10)11/h4,6,8,15H,2-3,5H2,1H3. The minimum absolute atomic E-state index is 0.117. The largest absolute Gasteiger partial charge is 0.395 e. The number of aromatic nitrogens is 2. The molecule has 1 aromatic heterocycles. The maximum Gasteiger partial charge on any atom is 0.272 e. The highest BCUT2D eigenvalue weighted by Gasteiger charge is 2.21. The molecule has 0 aliphatic carbocycles. The highest BCUT2D eigenvalue weighted by Crippen LogP contribution is 2.06. The number of aliphatic hydroxyl groups is 1. The van der Waals surface area contributed by atoms with E-state index < -0.39 is 18.9 Å². The molecule has 0 unspecified atom stereocenters. The number of carbonyl (C=O) groups excluding carboxylic acids is 1. The van der Waals surface area contributed by atoms with Crippen LogP contribution in [0, 0.1) is 0 Å². The molecule has 1 N–H and O–H groups in total. The van der Waals surface area contributed by atoms with Gasteiger partial charge >= 0.3 is 0 Å². The van der Waals surface area contributed by atoms with E-state index in [2.05, 4.69) is 4.98 Å². The van der Waals surface area contributed by atoms with Crippen molar-refractivity contribution < 1.29 is 18.7 Å². The van der Waals surface area contributed by atoms with Gasteiger partial charge in [-0.1, -0.05) is 0 Å². The van der Waals surface area contributed by atoms with Crippen LogP contribution >= 0.6 is 0 Å². The van der Waals surface area contributed by atoms with Crippen LogP contribution in [-0.4, -0.2) is 51.6 Å². The van der Waals surface area contributed by atoms with Crippen LogP contribution in [0.4, 0.5) is 8.78 Å². The Kier molecular flexibility index (Phi) is 4.36. The smallest absolute Gasteiger partial charge is 0.272 e. The second-order valence-electron chi connectivity index (χ2n) is 3.26. The van der Waals surface area contributed by atoms with Crippen LogP contribution in [-0.2, 0) is 7.05 Å². The fraction of sp³-hybridized carbons (Fsp3) is 0.556. The Bertz CT molecular complexity index is 354. The maximum atomic E-state index is 12.2. The molecule has 0 saturated carbocycles. The fourth-order valence-electron chi connectivity index (χ4n) is 1.29. The number of imidazole rings is 1. The molecule has 90 valence electrons. The predicted octanol–water partition coefficient (Wildman–Crippen LogP) is 0.120. The first-order chi connectivity index (χ1) is 7.56. The van der Waals surface area contributed by atoms with Crippen molar-refractivity contribution in [2.24, 2.45) is 7.05 Å². The van der Waals surface area contributed by atoms with Crippen molar-refractivity contribution in [2.75, 3.05) is 19.7 Å². The molecular formula is C9H13F2N3O2. The normalized spacial score (nSPS) is 10.8. The van der Waals surface area contributed by atoms with E-state index in [-0.39, 0.29) is 18.8 Å². The van der Waals surface area contributed by atoms with Crippen molar-refractivity contribution in [1.82, 2.24) is 14.5 Å². The van der Waals surface area contributed by atoms with E-state index in [4.69, 9.17) is 5.11 Å². The van der Waals surface area contributed by atoms with Crippen LogP contribution in [0.25, 0.3) is 0 Å². The van der Waals surface area contributed by atoms with Gasteiger partial charge in [0.05, 0.1) is 25.7 Å². The number of nitrogens with zero attached hydrogens (tertiary/aromatic N) is 3. The van der Waals surface area contributed by atoms with Crippen LogP contribution in [0.5, 0.6) is 0 Å². The molecule has 1 aromatic rings.